The Morgan fingerprint density at radius 1 is 1.21 bits per heavy atom. The summed E-state index contributed by atoms with van der Waals surface area (Å²) in [7, 11) is 0. The van der Waals surface area contributed by atoms with Crippen LogP contribution >= 0.6 is 0 Å². The summed E-state index contributed by atoms with van der Waals surface area (Å²) in [5, 5.41) is 9.31. The Bertz CT molecular complexity index is 314. The Morgan fingerprint density at radius 3 is 2.21 bits per heavy atom. The average molecular weight is 188 g/mol. The molecule has 0 aromatic carbocycles. The van der Waals surface area contributed by atoms with Gasteiger partial charge >= 0.3 is 0 Å². The third kappa shape index (κ3) is 3.76. The first-order valence-corrected chi connectivity index (χ1v) is 4.34. The van der Waals surface area contributed by atoms with Crippen LogP contribution in [0.15, 0.2) is 73.1 Å². The number of hydrogen-bond acceptors (Lipinski definition) is 1. The molecule has 0 spiro atoms. The molecule has 0 saturated carbocycles. The molecule has 74 valence electrons. The van der Waals surface area contributed by atoms with E-state index in [1.165, 1.54) is 0 Å². The summed E-state index contributed by atoms with van der Waals surface area (Å²) in [5.74, 6) is 0.0503. The lowest BCUT2D eigenvalue weighted by Gasteiger charge is -2.05. The lowest BCUT2D eigenvalue weighted by molar-refractivity contribution is 0.428. The molecule has 0 amide bonds. The molecular weight excluding hydrogens is 172 g/mol. The molecule has 1 N–H and O–H groups in total. The van der Waals surface area contributed by atoms with Crippen LogP contribution in [0.1, 0.15) is 6.92 Å². The smallest absolute Gasteiger partial charge is 0.115 e. The predicted octanol–water partition coefficient (Wildman–Crippen LogP) is 3.86. The molecule has 0 unspecified atom stereocenters. The third-order valence-electron chi connectivity index (χ3n) is 1.62. The quantitative estimate of drug-likeness (QED) is 0.513. The van der Waals surface area contributed by atoms with Gasteiger partial charge in [-0.3, -0.25) is 0 Å². The van der Waals surface area contributed by atoms with E-state index in [9.17, 15) is 5.11 Å². The van der Waals surface area contributed by atoms with E-state index in [-0.39, 0.29) is 5.76 Å². The van der Waals surface area contributed by atoms with Crippen LogP contribution in [0.4, 0.5) is 0 Å². The highest BCUT2D eigenvalue weighted by Gasteiger charge is 2.02. The second kappa shape index (κ2) is 6.72. The zero-order chi connectivity index (χ0) is 11.0. The number of aliphatic hydroxyl groups is 1. The van der Waals surface area contributed by atoms with Gasteiger partial charge in [-0.2, -0.15) is 0 Å². The molecule has 0 aliphatic carbocycles. The molecule has 0 atom stereocenters. The van der Waals surface area contributed by atoms with E-state index in [4.69, 9.17) is 0 Å². The van der Waals surface area contributed by atoms with Crippen molar-refractivity contribution in [1.82, 2.24) is 0 Å². The van der Waals surface area contributed by atoms with Crippen LogP contribution in [-0.2, 0) is 0 Å². The van der Waals surface area contributed by atoms with Gasteiger partial charge in [0.15, 0.2) is 0 Å². The summed E-state index contributed by atoms with van der Waals surface area (Å²) in [6.45, 7) is 12.5. The van der Waals surface area contributed by atoms with Crippen molar-refractivity contribution < 1.29 is 5.11 Å². The van der Waals surface area contributed by atoms with Crippen molar-refractivity contribution in [3.8, 4) is 0 Å². The molecule has 0 aromatic heterocycles. The molecule has 0 bridgehead atoms. The largest absolute Gasteiger partial charge is 0.508 e. The van der Waals surface area contributed by atoms with E-state index in [0.717, 1.165) is 5.57 Å². The van der Waals surface area contributed by atoms with Gasteiger partial charge in [0.1, 0.15) is 5.76 Å². The number of hydrogen-bond donors (Lipinski definition) is 1. The number of aliphatic hydroxyl groups excluding tert-OH is 1. The summed E-state index contributed by atoms with van der Waals surface area (Å²) in [4.78, 5) is 0. The van der Waals surface area contributed by atoms with Crippen molar-refractivity contribution in [1.29, 1.82) is 0 Å². The molecule has 0 aliphatic heterocycles. The second-order valence-electron chi connectivity index (χ2n) is 2.60. The van der Waals surface area contributed by atoms with E-state index in [2.05, 4.69) is 19.7 Å². The highest BCUT2D eigenvalue weighted by Crippen LogP contribution is 2.17. The highest BCUT2D eigenvalue weighted by atomic mass is 16.3. The first kappa shape index (κ1) is 12.2. The Labute approximate surface area is 85.8 Å². The van der Waals surface area contributed by atoms with E-state index in [1.54, 1.807) is 30.4 Å². The fraction of sp³-hybridized carbons (Fsp3) is 0.0769. The Morgan fingerprint density at radius 2 is 1.86 bits per heavy atom. The van der Waals surface area contributed by atoms with Gasteiger partial charge in [-0.1, -0.05) is 56.2 Å². The van der Waals surface area contributed by atoms with Crippen LogP contribution in [0, 0.1) is 0 Å². The van der Waals surface area contributed by atoms with Crippen molar-refractivity contribution in [3.05, 3.63) is 73.1 Å². The summed E-state index contributed by atoms with van der Waals surface area (Å²) in [6, 6.07) is 0. The molecule has 0 aromatic rings. The van der Waals surface area contributed by atoms with Gasteiger partial charge in [-0.25, -0.2) is 0 Å². The molecule has 1 nitrogen and oxygen atoms in total. The Kier molecular flexibility index (Phi) is 5.88. The molecule has 0 heterocycles. The van der Waals surface area contributed by atoms with Crippen molar-refractivity contribution in [3.63, 3.8) is 0 Å². The molecule has 0 rings (SSSR count). The zero-order valence-electron chi connectivity index (χ0n) is 8.53. The molecule has 0 aliphatic rings. The lowest BCUT2D eigenvalue weighted by atomic mass is 10.0. The average Bonchev–Trinajstić information content (AvgIpc) is 2.14. The lowest BCUT2D eigenvalue weighted by Crippen LogP contribution is -1.89. The minimum Gasteiger partial charge on any atom is -0.508 e. The molecule has 0 radical (unpaired) electrons. The van der Waals surface area contributed by atoms with Crippen LogP contribution in [0.2, 0.25) is 0 Å². The third-order valence-corrected chi connectivity index (χ3v) is 1.62. The van der Waals surface area contributed by atoms with Crippen molar-refractivity contribution >= 4 is 0 Å². The molecular formula is C13H16O. The van der Waals surface area contributed by atoms with Crippen molar-refractivity contribution in [2.45, 2.75) is 6.92 Å². The van der Waals surface area contributed by atoms with Crippen molar-refractivity contribution in [2.24, 2.45) is 0 Å². The van der Waals surface area contributed by atoms with Crippen LogP contribution in [0.3, 0.4) is 0 Å². The zero-order valence-corrected chi connectivity index (χ0v) is 8.53. The topological polar surface area (TPSA) is 20.2 Å². The maximum absolute atomic E-state index is 9.31. The number of rotatable bonds is 5. The minimum absolute atomic E-state index is 0.0503. The predicted molar refractivity (Wildman–Crippen MR) is 63.1 cm³/mol. The summed E-state index contributed by atoms with van der Waals surface area (Å²) < 4.78 is 0. The summed E-state index contributed by atoms with van der Waals surface area (Å²) in [6.07, 6.45) is 10.6. The van der Waals surface area contributed by atoms with Crippen LogP contribution in [0.5, 0.6) is 0 Å². The van der Waals surface area contributed by atoms with E-state index >= 15 is 0 Å². The van der Waals surface area contributed by atoms with Gasteiger partial charge in [0, 0.05) is 5.57 Å². The maximum atomic E-state index is 9.31. The van der Waals surface area contributed by atoms with Crippen molar-refractivity contribution in [2.75, 3.05) is 0 Å². The number of allylic oxidation sites excluding steroid dienone is 7. The van der Waals surface area contributed by atoms with Gasteiger partial charge in [-0.15, -0.1) is 0 Å². The fourth-order valence-corrected chi connectivity index (χ4v) is 1.03. The van der Waals surface area contributed by atoms with Gasteiger partial charge in [0.2, 0.25) is 0 Å². The molecule has 0 fully saturated rings. The van der Waals surface area contributed by atoms with E-state index in [1.807, 2.05) is 13.0 Å². The standard InChI is InChI=1S/C13H16O/c1-5-8-10-12(9-6-2)13(7-3)11(4)14/h5-10,14H,1-2,4H2,3H3/b10-8-,12-9-,13-7-. The van der Waals surface area contributed by atoms with Gasteiger partial charge < -0.3 is 5.11 Å². The first-order valence-electron chi connectivity index (χ1n) is 4.34. The fourth-order valence-electron chi connectivity index (χ4n) is 1.03. The van der Waals surface area contributed by atoms with Crippen LogP contribution in [0.25, 0.3) is 0 Å². The maximum Gasteiger partial charge on any atom is 0.115 e. The summed E-state index contributed by atoms with van der Waals surface area (Å²) >= 11 is 0. The Balaban J connectivity index is 5.09. The first-order chi connectivity index (χ1) is 6.67. The molecule has 14 heavy (non-hydrogen) atoms. The van der Waals surface area contributed by atoms with Crippen LogP contribution < -0.4 is 0 Å². The second-order valence-corrected chi connectivity index (χ2v) is 2.60. The Hall–Kier alpha value is -1.76. The van der Waals surface area contributed by atoms with E-state index < -0.39 is 0 Å². The SMILES string of the molecule is C=C\C=C/C(=C/C=C)C(=C\C)/C(=C)O. The van der Waals surface area contributed by atoms with E-state index in [0.29, 0.717) is 5.57 Å². The highest BCUT2D eigenvalue weighted by molar-refractivity contribution is 5.49. The summed E-state index contributed by atoms with van der Waals surface area (Å²) in [5.41, 5.74) is 1.55. The molecule has 0 saturated heterocycles. The van der Waals surface area contributed by atoms with Crippen LogP contribution in [-0.4, -0.2) is 5.11 Å². The monoisotopic (exact) mass is 188 g/mol. The molecule has 1 heteroatoms. The van der Waals surface area contributed by atoms with Gasteiger partial charge in [0.05, 0.1) is 0 Å². The normalized spacial score (nSPS) is 12.9. The minimum atomic E-state index is 0.0503. The van der Waals surface area contributed by atoms with Gasteiger partial charge in [0.25, 0.3) is 0 Å². The van der Waals surface area contributed by atoms with Gasteiger partial charge in [-0.05, 0) is 12.5 Å².